The van der Waals surface area contributed by atoms with Crippen molar-refractivity contribution in [3.8, 4) is 5.75 Å². The van der Waals surface area contributed by atoms with Crippen LogP contribution in [-0.4, -0.2) is 22.7 Å². The van der Waals surface area contributed by atoms with E-state index in [1.54, 1.807) is 0 Å². The molecule has 118 valence electrons. The number of nitrogens with one attached hydrogen (secondary N) is 1. The molecule has 0 fully saturated rings. The Kier molecular flexibility index (Phi) is 5.88. The first kappa shape index (κ1) is 16.4. The van der Waals surface area contributed by atoms with Crippen LogP contribution < -0.4 is 10.1 Å². The summed E-state index contributed by atoms with van der Waals surface area (Å²) in [6.07, 6.45) is 0. The van der Waals surface area contributed by atoms with E-state index in [0.29, 0.717) is 6.54 Å². The second kappa shape index (κ2) is 7.88. The molecule has 0 aliphatic rings. The number of amides is 1. The van der Waals surface area contributed by atoms with Gasteiger partial charge in [0.15, 0.2) is 6.61 Å². The average molecular weight is 325 g/mol. The van der Waals surface area contributed by atoms with Gasteiger partial charge in [-0.3, -0.25) is 4.79 Å². The Bertz CT molecular complexity index is 605. The first-order chi connectivity index (χ1) is 10.6. The van der Waals surface area contributed by atoms with Crippen LogP contribution in [0.15, 0.2) is 29.6 Å². The number of aliphatic hydroxyl groups excluding tert-OH is 2. The lowest BCUT2D eigenvalue weighted by Gasteiger charge is -2.14. The molecule has 2 rings (SSSR count). The maximum Gasteiger partial charge on any atom is 0.258 e. The SMILES string of the molecule is O=C(COc1c(CO)cc(F)cc1CO)NCc1cccs1. The molecule has 0 aliphatic carbocycles. The van der Waals surface area contributed by atoms with Crippen molar-refractivity contribution < 1.29 is 24.1 Å². The minimum atomic E-state index is -0.581. The molecular formula is C15H16FNO4S. The number of hydrogen-bond donors (Lipinski definition) is 3. The summed E-state index contributed by atoms with van der Waals surface area (Å²) in [6.45, 7) is -0.770. The minimum Gasteiger partial charge on any atom is -0.483 e. The van der Waals surface area contributed by atoms with Gasteiger partial charge >= 0.3 is 0 Å². The summed E-state index contributed by atoms with van der Waals surface area (Å²) in [6, 6.07) is 6.01. The van der Waals surface area contributed by atoms with Gasteiger partial charge in [-0.05, 0) is 23.6 Å². The Morgan fingerprint density at radius 1 is 1.27 bits per heavy atom. The van der Waals surface area contributed by atoms with Crippen molar-refractivity contribution in [1.82, 2.24) is 5.32 Å². The van der Waals surface area contributed by atoms with Crippen LogP contribution in [0.5, 0.6) is 5.75 Å². The van der Waals surface area contributed by atoms with Gasteiger partial charge in [-0.25, -0.2) is 4.39 Å². The Labute approximate surface area is 131 Å². The third-order valence-electron chi connectivity index (χ3n) is 2.94. The normalized spacial score (nSPS) is 10.5. The number of carbonyl (C=O) groups is 1. The number of thiophene rings is 1. The second-order valence-electron chi connectivity index (χ2n) is 4.51. The molecule has 7 heteroatoms. The highest BCUT2D eigenvalue weighted by Crippen LogP contribution is 2.26. The van der Waals surface area contributed by atoms with Gasteiger partial charge in [0, 0.05) is 16.0 Å². The van der Waals surface area contributed by atoms with Gasteiger partial charge < -0.3 is 20.3 Å². The fourth-order valence-electron chi connectivity index (χ4n) is 1.92. The van der Waals surface area contributed by atoms with Crippen LogP contribution >= 0.6 is 11.3 Å². The van der Waals surface area contributed by atoms with Crippen LogP contribution in [0.1, 0.15) is 16.0 Å². The first-order valence-electron chi connectivity index (χ1n) is 6.59. The fourth-order valence-corrected chi connectivity index (χ4v) is 2.56. The second-order valence-corrected chi connectivity index (χ2v) is 5.55. The maximum absolute atomic E-state index is 13.3. The summed E-state index contributed by atoms with van der Waals surface area (Å²) in [4.78, 5) is 12.8. The molecule has 1 aromatic carbocycles. The van der Waals surface area contributed by atoms with E-state index in [-0.39, 0.29) is 29.4 Å². The standard InChI is InChI=1S/C15H16FNO4S/c16-12-4-10(7-18)15(11(5-12)8-19)21-9-14(20)17-6-13-2-1-3-22-13/h1-5,18-19H,6-9H2,(H,17,20). The number of ether oxygens (including phenoxy) is 1. The van der Waals surface area contributed by atoms with Crippen molar-refractivity contribution in [2.75, 3.05) is 6.61 Å². The molecule has 1 heterocycles. The summed E-state index contributed by atoms with van der Waals surface area (Å²) in [5, 5.41) is 23.1. The van der Waals surface area contributed by atoms with Gasteiger partial charge in [0.1, 0.15) is 11.6 Å². The van der Waals surface area contributed by atoms with Crippen LogP contribution in [-0.2, 0) is 24.6 Å². The number of halogens is 1. The van der Waals surface area contributed by atoms with Crippen molar-refractivity contribution in [2.45, 2.75) is 19.8 Å². The lowest BCUT2D eigenvalue weighted by atomic mass is 10.1. The number of benzene rings is 1. The zero-order valence-electron chi connectivity index (χ0n) is 11.7. The quantitative estimate of drug-likeness (QED) is 0.722. The third kappa shape index (κ3) is 4.27. The van der Waals surface area contributed by atoms with Crippen molar-refractivity contribution >= 4 is 17.2 Å². The molecule has 0 atom stereocenters. The van der Waals surface area contributed by atoms with Crippen molar-refractivity contribution in [3.63, 3.8) is 0 Å². The van der Waals surface area contributed by atoms with E-state index < -0.39 is 19.0 Å². The van der Waals surface area contributed by atoms with Crippen LogP contribution in [0, 0.1) is 5.82 Å². The summed E-state index contributed by atoms with van der Waals surface area (Å²) in [5.74, 6) is -0.786. The lowest BCUT2D eigenvalue weighted by Crippen LogP contribution is -2.28. The Morgan fingerprint density at radius 2 is 1.95 bits per heavy atom. The predicted octanol–water partition coefficient (Wildman–Crippen LogP) is 1.57. The molecule has 0 saturated heterocycles. The van der Waals surface area contributed by atoms with Gasteiger partial charge in [0.05, 0.1) is 19.8 Å². The van der Waals surface area contributed by atoms with Gasteiger partial charge in [-0.2, -0.15) is 0 Å². The van der Waals surface area contributed by atoms with Crippen molar-refractivity contribution in [2.24, 2.45) is 0 Å². The monoisotopic (exact) mass is 325 g/mol. The molecule has 1 amide bonds. The Morgan fingerprint density at radius 3 is 2.50 bits per heavy atom. The topological polar surface area (TPSA) is 78.8 Å². The van der Waals surface area contributed by atoms with E-state index in [2.05, 4.69) is 5.32 Å². The number of hydrogen-bond acceptors (Lipinski definition) is 5. The lowest BCUT2D eigenvalue weighted by molar-refractivity contribution is -0.123. The predicted molar refractivity (Wildman–Crippen MR) is 79.9 cm³/mol. The number of rotatable bonds is 7. The summed E-state index contributed by atoms with van der Waals surface area (Å²) >= 11 is 1.53. The summed E-state index contributed by atoms with van der Waals surface area (Å²) < 4.78 is 18.6. The molecule has 0 aliphatic heterocycles. The molecule has 0 saturated carbocycles. The zero-order chi connectivity index (χ0) is 15.9. The summed E-state index contributed by atoms with van der Waals surface area (Å²) in [5.41, 5.74) is 0.380. The van der Waals surface area contributed by atoms with E-state index >= 15 is 0 Å². The molecule has 0 radical (unpaired) electrons. The van der Waals surface area contributed by atoms with E-state index in [0.717, 1.165) is 17.0 Å². The molecule has 0 bridgehead atoms. The smallest absolute Gasteiger partial charge is 0.258 e. The highest BCUT2D eigenvalue weighted by molar-refractivity contribution is 7.09. The van der Waals surface area contributed by atoms with Gasteiger partial charge in [-0.1, -0.05) is 6.07 Å². The molecule has 1 aromatic heterocycles. The highest BCUT2D eigenvalue weighted by atomic mass is 32.1. The largest absolute Gasteiger partial charge is 0.483 e. The van der Waals surface area contributed by atoms with Gasteiger partial charge in [0.2, 0.25) is 0 Å². The van der Waals surface area contributed by atoms with E-state index in [1.807, 2.05) is 17.5 Å². The van der Waals surface area contributed by atoms with Crippen LogP contribution in [0.3, 0.4) is 0 Å². The van der Waals surface area contributed by atoms with Crippen LogP contribution in [0.4, 0.5) is 4.39 Å². The fraction of sp³-hybridized carbons (Fsp3) is 0.267. The molecule has 2 aromatic rings. The van der Waals surface area contributed by atoms with Crippen LogP contribution in [0.2, 0.25) is 0 Å². The first-order valence-corrected chi connectivity index (χ1v) is 7.47. The van der Waals surface area contributed by atoms with Gasteiger partial charge in [-0.15, -0.1) is 11.3 Å². The van der Waals surface area contributed by atoms with Crippen molar-refractivity contribution in [3.05, 3.63) is 51.5 Å². The molecule has 0 unspecified atom stereocenters. The number of aliphatic hydroxyl groups is 2. The van der Waals surface area contributed by atoms with E-state index in [9.17, 15) is 19.4 Å². The molecule has 22 heavy (non-hydrogen) atoms. The maximum atomic E-state index is 13.3. The molecular weight excluding hydrogens is 309 g/mol. The molecule has 3 N–H and O–H groups in total. The molecule has 0 spiro atoms. The highest BCUT2D eigenvalue weighted by Gasteiger charge is 2.13. The average Bonchev–Trinajstić information content (AvgIpc) is 3.04. The van der Waals surface area contributed by atoms with E-state index in [4.69, 9.17) is 4.74 Å². The molecule has 5 nitrogen and oxygen atoms in total. The van der Waals surface area contributed by atoms with Gasteiger partial charge in [0.25, 0.3) is 5.91 Å². The third-order valence-corrected chi connectivity index (χ3v) is 3.81. The van der Waals surface area contributed by atoms with E-state index in [1.165, 1.54) is 11.3 Å². The number of carbonyl (C=O) groups excluding carboxylic acids is 1. The Balaban J connectivity index is 1.97. The minimum absolute atomic E-state index is 0.137. The Hall–Kier alpha value is -1.96. The van der Waals surface area contributed by atoms with Crippen LogP contribution in [0.25, 0.3) is 0 Å². The zero-order valence-corrected chi connectivity index (χ0v) is 12.5. The van der Waals surface area contributed by atoms with Crippen molar-refractivity contribution in [1.29, 1.82) is 0 Å². The summed E-state index contributed by atoms with van der Waals surface area (Å²) in [7, 11) is 0.